The van der Waals surface area contributed by atoms with Crippen LogP contribution in [0.2, 0.25) is 10.0 Å². The molecule has 0 fully saturated rings. The number of carbonyl (C=O) groups excluding carboxylic acids is 1. The molecule has 0 aliphatic carbocycles. The number of nitrogens with one attached hydrogen (secondary N) is 1. The summed E-state index contributed by atoms with van der Waals surface area (Å²) in [7, 11) is 0. The van der Waals surface area contributed by atoms with Gasteiger partial charge in [-0.05, 0) is 49.6 Å². The summed E-state index contributed by atoms with van der Waals surface area (Å²) in [5.74, 6) is -0.187. The zero-order chi connectivity index (χ0) is 16.3. The minimum absolute atomic E-state index is 0.0418. The third-order valence-corrected chi connectivity index (χ3v) is 4.24. The van der Waals surface area contributed by atoms with Crippen LogP contribution in [0.4, 0.5) is 0 Å². The van der Waals surface area contributed by atoms with Crippen molar-refractivity contribution in [2.24, 2.45) is 0 Å². The van der Waals surface area contributed by atoms with E-state index in [1.807, 2.05) is 6.92 Å². The van der Waals surface area contributed by atoms with E-state index < -0.39 is 0 Å². The van der Waals surface area contributed by atoms with Crippen molar-refractivity contribution in [3.05, 3.63) is 68.7 Å². The Morgan fingerprint density at radius 1 is 1.14 bits per heavy atom. The summed E-state index contributed by atoms with van der Waals surface area (Å²) in [5, 5.41) is 3.93. The lowest BCUT2D eigenvalue weighted by atomic mass is 9.97. The van der Waals surface area contributed by atoms with Crippen LogP contribution in [0.15, 0.2) is 36.4 Å². The van der Waals surface area contributed by atoms with Gasteiger partial charge in [-0.1, -0.05) is 53.9 Å². The van der Waals surface area contributed by atoms with Crippen molar-refractivity contribution in [2.45, 2.75) is 33.2 Å². The van der Waals surface area contributed by atoms with E-state index in [0.29, 0.717) is 15.6 Å². The first-order chi connectivity index (χ1) is 10.4. The highest BCUT2D eigenvalue weighted by molar-refractivity contribution is 6.36. The van der Waals surface area contributed by atoms with Gasteiger partial charge in [-0.25, -0.2) is 0 Å². The van der Waals surface area contributed by atoms with Gasteiger partial charge in [0.15, 0.2) is 0 Å². The van der Waals surface area contributed by atoms with Gasteiger partial charge in [-0.3, -0.25) is 4.79 Å². The summed E-state index contributed by atoms with van der Waals surface area (Å²) in [6.07, 6.45) is 0.806. The SMILES string of the molecule is CC[C@H](NC(=O)c1ccc(Cl)cc1Cl)c1ccc(C)cc1C. The van der Waals surface area contributed by atoms with Crippen LogP contribution >= 0.6 is 23.2 Å². The first kappa shape index (κ1) is 16.9. The number of carbonyl (C=O) groups is 1. The number of halogens is 2. The Labute approximate surface area is 141 Å². The summed E-state index contributed by atoms with van der Waals surface area (Å²) in [6, 6.07) is 11.1. The quantitative estimate of drug-likeness (QED) is 0.786. The predicted molar refractivity (Wildman–Crippen MR) is 92.9 cm³/mol. The highest BCUT2D eigenvalue weighted by Crippen LogP contribution is 2.25. The Hall–Kier alpha value is -1.51. The monoisotopic (exact) mass is 335 g/mol. The molecule has 116 valence electrons. The van der Waals surface area contributed by atoms with Crippen molar-refractivity contribution in [3.63, 3.8) is 0 Å². The maximum absolute atomic E-state index is 12.5. The van der Waals surface area contributed by atoms with Crippen LogP contribution in [-0.2, 0) is 0 Å². The van der Waals surface area contributed by atoms with Gasteiger partial charge in [0.05, 0.1) is 16.6 Å². The third kappa shape index (κ3) is 3.82. The van der Waals surface area contributed by atoms with E-state index >= 15 is 0 Å². The van der Waals surface area contributed by atoms with E-state index in [0.717, 1.165) is 12.0 Å². The fourth-order valence-corrected chi connectivity index (χ4v) is 3.02. The molecule has 0 heterocycles. The molecule has 1 amide bonds. The van der Waals surface area contributed by atoms with Crippen molar-refractivity contribution in [1.82, 2.24) is 5.32 Å². The van der Waals surface area contributed by atoms with E-state index in [9.17, 15) is 4.79 Å². The highest BCUT2D eigenvalue weighted by Gasteiger charge is 2.17. The van der Waals surface area contributed by atoms with Crippen LogP contribution in [0, 0.1) is 13.8 Å². The molecule has 2 aromatic rings. The van der Waals surface area contributed by atoms with Gasteiger partial charge in [-0.15, -0.1) is 0 Å². The second-order valence-electron chi connectivity index (χ2n) is 5.42. The van der Waals surface area contributed by atoms with Crippen LogP contribution in [0.1, 0.15) is 46.4 Å². The normalized spacial score (nSPS) is 12.0. The van der Waals surface area contributed by atoms with Gasteiger partial charge < -0.3 is 5.32 Å². The van der Waals surface area contributed by atoms with Gasteiger partial charge in [0, 0.05) is 5.02 Å². The third-order valence-electron chi connectivity index (χ3n) is 3.69. The molecule has 2 aromatic carbocycles. The summed E-state index contributed by atoms with van der Waals surface area (Å²) in [6.45, 7) is 6.17. The number of hydrogen-bond acceptors (Lipinski definition) is 1. The van der Waals surface area contributed by atoms with E-state index in [2.05, 4.69) is 37.4 Å². The molecule has 1 N–H and O–H groups in total. The minimum Gasteiger partial charge on any atom is -0.345 e. The molecule has 4 heteroatoms. The molecule has 1 atom stereocenters. The lowest BCUT2D eigenvalue weighted by Crippen LogP contribution is -2.28. The van der Waals surface area contributed by atoms with Crippen molar-refractivity contribution in [3.8, 4) is 0 Å². The van der Waals surface area contributed by atoms with Crippen molar-refractivity contribution < 1.29 is 4.79 Å². The fraction of sp³-hybridized carbons (Fsp3) is 0.278. The van der Waals surface area contributed by atoms with Crippen molar-refractivity contribution in [1.29, 1.82) is 0 Å². The summed E-state index contributed by atoms with van der Waals surface area (Å²) in [5.41, 5.74) is 3.96. The standard InChI is InChI=1S/C18H19Cl2NO/c1-4-17(14-7-5-11(2)9-12(14)3)21-18(22)15-8-6-13(19)10-16(15)20/h5-10,17H,4H2,1-3H3,(H,21,22)/t17-/m0/s1. The number of benzene rings is 2. The molecule has 0 aliphatic rings. The Bertz CT molecular complexity index is 697. The van der Waals surface area contributed by atoms with Crippen LogP contribution in [-0.4, -0.2) is 5.91 Å². The summed E-state index contributed by atoms with van der Waals surface area (Å²) in [4.78, 5) is 12.5. The summed E-state index contributed by atoms with van der Waals surface area (Å²) < 4.78 is 0. The first-order valence-electron chi connectivity index (χ1n) is 7.25. The molecule has 2 nitrogen and oxygen atoms in total. The van der Waals surface area contributed by atoms with E-state index in [1.165, 1.54) is 11.1 Å². The Kier molecular flexibility index (Phi) is 5.49. The van der Waals surface area contributed by atoms with Crippen LogP contribution in [0.25, 0.3) is 0 Å². The van der Waals surface area contributed by atoms with E-state index in [4.69, 9.17) is 23.2 Å². The molecule has 0 spiro atoms. The first-order valence-corrected chi connectivity index (χ1v) is 8.01. The van der Waals surface area contributed by atoms with Crippen molar-refractivity contribution in [2.75, 3.05) is 0 Å². The zero-order valence-corrected chi connectivity index (χ0v) is 14.4. The molecule has 0 saturated heterocycles. The molecule has 0 bridgehead atoms. The molecular formula is C18H19Cl2NO. The van der Waals surface area contributed by atoms with Gasteiger partial charge >= 0.3 is 0 Å². The van der Waals surface area contributed by atoms with Gasteiger partial charge in [0.25, 0.3) is 5.91 Å². The molecule has 22 heavy (non-hydrogen) atoms. The molecular weight excluding hydrogens is 317 g/mol. The topological polar surface area (TPSA) is 29.1 Å². The average Bonchev–Trinajstić information content (AvgIpc) is 2.45. The smallest absolute Gasteiger partial charge is 0.253 e. The maximum Gasteiger partial charge on any atom is 0.253 e. The second kappa shape index (κ2) is 7.17. The van der Waals surface area contributed by atoms with Gasteiger partial charge in [0.2, 0.25) is 0 Å². The Morgan fingerprint density at radius 3 is 2.45 bits per heavy atom. The maximum atomic E-state index is 12.5. The number of hydrogen-bond donors (Lipinski definition) is 1. The second-order valence-corrected chi connectivity index (χ2v) is 6.26. The largest absolute Gasteiger partial charge is 0.345 e. The summed E-state index contributed by atoms with van der Waals surface area (Å²) >= 11 is 12.0. The van der Waals surface area contributed by atoms with Crippen LogP contribution < -0.4 is 5.32 Å². The van der Waals surface area contributed by atoms with Gasteiger partial charge in [0.1, 0.15) is 0 Å². The van der Waals surface area contributed by atoms with Crippen LogP contribution in [0.5, 0.6) is 0 Å². The van der Waals surface area contributed by atoms with E-state index in [-0.39, 0.29) is 11.9 Å². The van der Waals surface area contributed by atoms with E-state index in [1.54, 1.807) is 18.2 Å². The highest BCUT2D eigenvalue weighted by atomic mass is 35.5. The number of amides is 1. The Balaban J connectivity index is 2.24. The molecule has 0 unspecified atom stereocenters. The molecule has 0 aliphatic heterocycles. The fourth-order valence-electron chi connectivity index (χ4n) is 2.53. The molecule has 0 saturated carbocycles. The van der Waals surface area contributed by atoms with Crippen LogP contribution in [0.3, 0.4) is 0 Å². The van der Waals surface area contributed by atoms with Gasteiger partial charge in [-0.2, -0.15) is 0 Å². The number of rotatable bonds is 4. The zero-order valence-electron chi connectivity index (χ0n) is 12.9. The minimum atomic E-state index is -0.187. The number of aryl methyl sites for hydroxylation is 2. The predicted octanol–water partition coefficient (Wildman–Crippen LogP) is 5.49. The lowest BCUT2D eigenvalue weighted by Gasteiger charge is -2.20. The lowest BCUT2D eigenvalue weighted by molar-refractivity contribution is 0.0935. The van der Waals surface area contributed by atoms with Crippen molar-refractivity contribution >= 4 is 29.1 Å². The molecule has 0 aromatic heterocycles. The molecule has 0 radical (unpaired) electrons. The average molecular weight is 336 g/mol. The molecule has 2 rings (SSSR count). The Morgan fingerprint density at radius 2 is 1.86 bits per heavy atom.